The lowest BCUT2D eigenvalue weighted by Gasteiger charge is -2.35. The van der Waals surface area contributed by atoms with Crippen LogP contribution in [0.3, 0.4) is 0 Å². The monoisotopic (exact) mass is 420 g/mol. The van der Waals surface area contributed by atoms with Crippen molar-refractivity contribution in [3.63, 3.8) is 0 Å². The van der Waals surface area contributed by atoms with Crippen LogP contribution >= 0.6 is 12.0 Å². The molecule has 3 aromatic rings. The van der Waals surface area contributed by atoms with Gasteiger partial charge in [-0.2, -0.15) is 0 Å². The smallest absolute Gasteiger partial charge is 0.143 e. The van der Waals surface area contributed by atoms with Crippen molar-refractivity contribution in [2.75, 3.05) is 11.2 Å². The Hall–Kier alpha value is -2.13. The summed E-state index contributed by atoms with van der Waals surface area (Å²) in [5.74, 6) is 1.17. The van der Waals surface area contributed by atoms with Gasteiger partial charge in [0.05, 0.1) is 5.52 Å². The number of nitrogens with zero attached hydrogens (tertiary/aromatic N) is 4. The Labute approximate surface area is 176 Å². The summed E-state index contributed by atoms with van der Waals surface area (Å²) in [5, 5.41) is 2.40. The van der Waals surface area contributed by atoms with E-state index in [0.29, 0.717) is 12.1 Å². The third-order valence-corrected chi connectivity index (χ3v) is 5.59. The van der Waals surface area contributed by atoms with E-state index < -0.39 is 0 Å². The molecule has 8 heteroatoms. The number of hydrogen-bond acceptors (Lipinski definition) is 5. The van der Waals surface area contributed by atoms with E-state index in [4.69, 9.17) is 9.54 Å². The number of rotatable bonds is 1. The Morgan fingerprint density at radius 2 is 1.66 bits per heavy atom. The molecular weight excluding hydrogens is 388 g/mol. The first-order chi connectivity index (χ1) is 13.2. The molecule has 5 N–H and O–H groups in total. The Balaban J connectivity index is 0.000000555. The summed E-state index contributed by atoms with van der Waals surface area (Å²) < 4.78 is 9.68. The van der Waals surface area contributed by atoms with E-state index in [2.05, 4.69) is 52.9 Å². The highest BCUT2D eigenvalue weighted by Gasteiger charge is 2.37. The Morgan fingerprint density at radius 3 is 2.28 bits per heavy atom. The van der Waals surface area contributed by atoms with Crippen molar-refractivity contribution in [1.29, 1.82) is 0 Å². The highest BCUT2D eigenvalue weighted by molar-refractivity contribution is 7.93. The molecule has 0 aliphatic carbocycles. The maximum Gasteiger partial charge on any atom is 0.143 e. The molecule has 2 aliphatic heterocycles. The normalized spacial score (nSPS) is 19.3. The molecule has 2 saturated heterocycles. The number of hydrogen-bond donors (Lipinski definition) is 1. The van der Waals surface area contributed by atoms with Gasteiger partial charge >= 0.3 is 0 Å². The fourth-order valence-electron chi connectivity index (χ4n) is 4.54. The summed E-state index contributed by atoms with van der Waals surface area (Å²) in [4.78, 5) is 11.9. The molecule has 2 bridgehead atoms. The first-order valence-corrected chi connectivity index (χ1v) is 10.6. The van der Waals surface area contributed by atoms with Crippen molar-refractivity contribution in [1.82, 2.24) is 14.5 Å². The zero-order valence-corrected chi connectivity index (χ0v) is 18.0. The zero-order valence-electron chi connectivity index (χ0n) is 17.1. The molecule has 3 aromatic heterocycles. The largest absolute Gasteiger partial charge is 0.412 e. The predicted molar refractivity (Wildman–Crippen MR) is 124 cm³/mol. The Bertz CT molecular complexity index is 901. The lowest BCUT2D eigenvalue weighted by atomic mass is 10.0. The van der Waals surface area contributed by atoms with E-state index >= 15 is 0 Å². The van der Waals surface area contributed by atoms with E-state index in [1.165, 1.54) is 54.2 Å². The summed E-state index contributed by atoms with van der Waals surface area (Å²) in [6.45, 7) is 6.00. The van der Waals surface area contributed by atoms with Gasteiger partial charge in [0.25, 0.3) is 0 Å². The lowest BCUT2D eigenvalue weighted by Crippen LogP contribution is -2.40. The highest BCUT2D eigenvalue weighted by Crippen LogP contribution is 2.39. The predicted octanol–water partition coefficient (Wildman–Crippen LogP) is 3.62. The van der Waals surface area contributed by atoms with Crippen molar-refractivity contribution >= 4 is 39.8 Å². The van der Waals surface area contributed by atoms with Crippen LogP contribution in [0.1, 0.15) is 32.1 Å². The van der Waals surface area contributed by atoms with Crippen LogP contribution in [0.15, 0.2) is 43.8 Å². The Kier molecular flexibility index (Phi) is 9.58. The topological polar surface area (TPSA) is 117 Å². The van der Waals surface area contributed by atoms with Crippen molar-refractivity contribution in [3.05, 3.63) is 43.8 Å². The van der Waals surface area contributed by atoms with E-state index in [9.17, 15) is 0 Å². The van der Waals surface area contributed by atoms with Crippen LogP contribution in [0.2, 0.25) is 0 Å². The van der Waals surface area contributed by atoms with E-state index in [1.54, 1.807) is 6.26 Å². The lowest BCUT2D eigenvalue weighted by molar-refractivity contribution is 0.465. The van der Waals surface area contributed by atoms with Gasteiger partial charge in [-0.15, -0.1) is 13.2 Å². The van der Waals surface area contributed by atoms with Gasteiger partial charge in [0.15, 0.2) is 0 Å². The van der Waals surface area contributed by atoms with Gasteiger partial charge in [0.1, 0.15) is 11.5 Å². The Morgan fingerprint density at radius 1 is 1.03 bits per heavy atom. The molecule has 2 aliphatic rings. The van der Waals surface area contributed by atoms with E-state index in [1.807, 2.05) is 12.4 Å². The summed E-state index contributed by atoms with van der Waals surface area (Å²) >= 11 is 0.750. The van der Waals surface area contributed by atoms with Crippen LogP contribution in [-0.2, 0) is 7.05 Å². The van der Waals surface area contributed by atoms with Gasteiger partial charge in [-0.3, -0.25) is 4.98 Å². The van der Waals surface area contributed by atoms with Crippen LogP contribution in [0.5, 0.6) is 0 Å². The molecule has 29 heavy (non-hydrogen) atoms. The first-order valence-electron chi connectivity index (χ1n) is 9.39. The van der Waals surface area contributed by atoms with Gasteiger partial charge < -0.3 is 25.0 Å². The molecule has 0 amide bonds. The van der Waals surface area contributed by atoms with Crippen LogP contribution in [0.4, 0.5) is 5.82 Å². The third-order valence-electron chi connectivity index (χ3n) is 5.59. The molecule has 5 heterocycles. The number of aromatic nitrogens is 3. The van der Waals surface area contributed by atoms with Gasteiger partial charge in [-0.25, -0.2) is 4.98 Å². The third kappa shape index (κ3) is 4.56. The number of fused-ring (bicyclic) bond motifs is 5. The number of pyridine rings is 2. The fourth-order valence-corrected chi connectivity index (χ4v) is 4.54. The van der Waals surface area contributed by atoms with Gasteiger partial charge in [-0.1, -0.05) is 0 Å². The van der Waals surface area contributed by atoms with E-state index in [0.717, 1.165) is 17.7 Å². The number of anilines is 1. The van der Waals surface area contributed by atoms with E-state index in [-0.39, 0.29) is 11.0 Å². The van der Waals surface area contributed by atoms with Crippen molar-refractivity contribution in [2.45, 2.75) is 44.2 Å². The summed E-state index contributed by atoms with van der Waals surface area (Å²) in [5.41, 5.74) is 2.28. The SMILES string of the molecule is C=C.CSO.Cn1c2ccncc2c2ccc(N3C4CCCC3CC4)nc21.O.O. The molecular formula is C21H32N4O3S. The molecule has 2 unspecified atom stereocenters. The molecule has 2 fully saturated rings. The molecule has 2 atom stereocenters. The minimum atomic E-state index is 0. The number of aryl methyl sites for hydroxylation is 1. The maximum atomic E-state index is 7.49. The molecule has 0 aromatic carbocycles. The summed E-state index contributed by atoms with van der Waals surface area (Å²) in [6, 6.07) is 7.93. The second kappa shape index (κ2) is 11.2. The van der Waals surface area contributed by atoms with Gasteiger partial charge in [0, 0.05) is 48.6 Å². The zero-order chi connectivity index (χ0) is 19.4. The summed E-state index contributed by atoms with van der Waals surface area (Å²) in [7, 11) is 2.10. The second-order valence-electron chi connectivity index (χ2n) is 6.90. The van der Waals surface area contributed by atoms with Crippen LogP contribution < -0.4 is 4.90 Å². The van der Waals surface area contributed by atoms with Crippen molar-refractivity contribution < 1.29 is 15.5 Å². The van der Waals surface area contributed by atoms with Gasteiger partial charge in [0.2, 0.25) is 0 Å². The van der Waals surface area contributed by atoms with Crippen molar-refractivity contribution in [3.8, 4) is 0 Å². The molecule has 0 saturated carbocycles. The van der Waals surface area contributed by atoms with Crippen LogP contribution in [-0.4, -0.2) is 48.4 Å². The molecule has 7 nitrogen and oxygen atoms in total. The van der Waals surface area contributed by atoms with Crippen LogP contribution in [0, 0.1) is 0 Å². The van der Waals surface area contributed by atoms with Gasteiger partial charge in [-0.05, 0) is 62.3 Å². The molecule has 0 spiro atoms. The average Bonchev–Trinajstić information content (AvgIpc) is 3.14. The highest BCUT2D eigenvalue weighted by atomic mass is 32.2. The first kappa shape index (κ1) is 24.9. The standard InChI is InChI=1S/C18H20N4.C2H4.CH4OS.2H2O/c1-21-16-9-10-19-11-15(16)14-7-8-17(20-18(14)21)22-12-3-2-4-13(22)6-5-12;1-2;1-3-2;;/h7-13H,2-6H2,1H3;1-2H2;2H,1H3;2*1H2. The average molecular weight is 421 g/mol. The minimum absolute atomic E-state index is 0. The molecule has 5 rings (SSSR count). The molecule has 160 valence electrons. The quantitative estimate of drug-likeness (QED) is 0.476. The fraction of sp³-hybridized carbons (Fsp3) is 0.429. The van der Waals surface area contributed by atoms with Crippen LogP contribution in [0.25, 0.3) is 21.9 Å². The maximum absolute atomic E-state index is 7.49. The number of piperidine rings is 1. The minimum Gasteiger partial charge on any atom is -0.412 e. The second-order valence-corrected chi connectivity index (χ2v) is 7.26. The van der Waals surface area contributed by atoms with Crippen molar-refractivity contribution in [2.24, 2.45) is 7.05 Å². The molecule has 0 radical (unpaired) electrons. The summed E-state index contributed by atoms with van der Waals surface area (Å²) in [6.07, 6.45) is 12.1.